The average molecular weight is 347 g/mol. The molecular weight excluding hydrogens is 336 g/mol. The summed E-state index contributed by atoms with van der Waals surface area (Å²) in [6, 6.07) is 9.86. The van der Waals surface area contributed by atoms with Gasteiger partial charge in [-0.05, 0) is 30.3 Å². The van der Waals surface area contributed by atoms with Crippen LogP contribution in [0, 0.1) is 11.3 Å². The Kier molecular flexibility index (Phi) is 3.72. The van der Waals surface area contributed by atoms with Crippen LogP contribution in [-0.2, 0) is 10.0 Å². The third-order valence-corrected chi connectivity index (χ3v) is 5.53. The standard InChI is InChI=1S/C15H11ClN4O2S/c1-20(12-4-3-11(7-17)18-8-12)23(21,22)15-9-19-14-6-10(16)2-5-13(14)15/h2-6,8-9,19H,1H3. The minimum Gasteiger partial charge on any atom is -0.360 e. The van der Waals surface area contributed by atoms with Crippen molar-refractivity contribution in [1.82, 2.24) is 9.97 Å². The van der Waals surface area contributed by atoms with Crippen molar-refractivity contribution in [3.8, 4) is 6.07 Å². The summed E-state index contributed by atoms with van der Waals surface area (Å²) in [6.45, 7) is 0. The number of halogens is 1. The maximum Gasteiger partial charge on any atom is 0.266 e. The highest BCUT2D eigenvalue weighted by molar-refractivity contribution is 7.93. The van der Waals surface area contributed by atoms with Crippen molar-refractivity contribution in [3.05, 3.63) is 53.4 Å². The van der Waals surface area contributed by atoms with Crippen molar-refractivity contribution in [2.45, 2.75) is 4.90 Å². The van der Waals surface area contributed by atoms with E-state index in [0.717, 1.165) is 4.31 Å². The summed E-state index contributed by atoms with van der Waals surface area (Å²) in [5.74, 6) is 0. The van der Waals surface area contributed by atoms with E-state index in [2.05, 4.69) is 9.97 Å². The maximum absolute atomic E-state index is 12.8. The van der Waals surface area contributed by atoms with Gasteiger partial charge in [0.1, 0.15) is 16.7 Å². The predicted octanol–water partition coefficient (Wildman–Crippen LogP) is 2.91. The van der Waals surface area contributed by atoms with Gasteiger partial charge in [-0.2, -0.15) is 5.26 Å². The highest BCUT2D eigenvalue weighted by atomic mass is 35.5. The second-order valence-electron chi connectivity index (χ2n) is 4.83. The first-order valence-electron chi connectivity index (χ1n) is 6.55. The number of anilines is 1. The van der Waals surface area contributed by atoms with Gasteiger partial charge in [0.25, 0.3) is 10.0 Å². The molecule has 0 atom stereocenters. The molecule has 8 heteroatoms. The molecule has 116 valence electrons. The normalized spacial score (nSPS) is 11.3. The Bertz CT molecular complexity index is 1020. The van der Waals surface area contributed by atoms with Crippen LogP contribution < -0.4 is 4.31 Å². The number of nitrogens with zero attached hydrogens (tertiary/aromatic N) is 3. The van der Waals surface area contributed by atoms with Crippen LogP contribution in [-0.4, -0.2) is 25.4 Å². The number of aromatic nitrogens is 2. The van der Waals surface area contributed by atoms with Crippen molar-refractivity contribution in [2.24, 2.45) is 0 Å². The Morgan fingerprint density at radius 2 is 2.09 bits per heavy atom. The monoisotopic (exact) mass is 346 g/mol. The Hall–Kier alpha value is -2.56. The first-order valence-corrected chi connectivity index (χ1v) is 8.37. The number of nitrogens with one attached hydrogen (secondary N) is 1. The highest BCUT2D eigenvalue weighted by Gasteiger charge is 2.25. The summed E-state index contributed by atoms with van der Waals surface area (Å²) < 4.78 is 26.8. The van der Waals surface area contributed by atoms with Gasteiger partial charge >= 0.3 is 0 Å². The lowest BCUT2D eigenvalue weighted by Crippen LogP contribution is -2.26. The van der Waals surface area contributed by atoms with Crippen LogP contribution in [0.2, 0.25) is 5.02 Å². The van der Waals surface area contributed by atoms with Crippen LogP contribution in [0.25, 0.3) is 10.9 Å². The highest BCUT2D eigenvalue weighted by Crippen LogP contribution is 2.29. The van der Waals surface area contributed by atoms with Gasteiger partial charge in [-0.3, -0.25) is 4.31 Å². The lowest BCUT2D eigenvalue weighted by atomic mass is 10.2. The van der Waals surface area contributed by atoms with Gasteiger partial charge in [0.2, 0.25) is 0 Å². The van der Waals surface area contributed by atoms with Gasteiger partial charge in [-0.15, -0.1) is 0 Å². The molecule has 0 saturated heterocycles. The predicted molar refractivity (Wildman–Crippen MR) is 87.8 cm³/mol. The van der Waals surface area contributed by atoms with Gasteiger partial charge in [0.05, 0.1) is 11.9 Å². The molecule has 1 aromatic carbocycles. The third-order valence-electron chi connectivity index (χ3n) is 3.47. The van der Waals surface area contributed by atoms with Crippen LogP contribution >= 0.6 is 11.6 Å². The zero-order chi connectivity index (χ0) is 16.6. The fourth-order valence-electron chi connectivity index (χ4n) is 2.21. The molecule has 0 aliphatic carbocycles. The zero-order valence-electron chi connectivity index (χ0n) is 12.0. The van der Waals surface area contributed by atoms with Crippen molar-refractivity contribution >= 4 is 38.2 Å². The summed E-state index contributed by atoms with van der Waals surface area (Å²) in [7, 11) is -2.33. The smallest absolute Gasteiger partial charge is 0.266 e. The van der Waals surface area contributed by atoms with Crippen molar-refractivity contribution in [2.75, 3.05) is 11.4 Å². The molecule has 23 heavy (non-hydrogen) atoms. The molecular formula is C15H11ClN4O2S. The number of nitriles is 1. The summed E-state index contributed by atoms with van der Waals surface area (Å²) in [5, 5.41) is 9.84. The molecule has 0 amide bonds. The number of aromatic amines is 1. The van der Waals surface area contributed by atoms with Crippen molar-refractivity contribution < 1.29 is 8.42 Å². The molecule has 0 bridgehead atoms. The molecule has 0 aliphatic heterocycles. The molecule has 1 N–H and O–H groups in total. The molecule has 2 aromatic heterocycles. The molecule has 0 radical (unpaired) electrons. The van der Waals surface area contributed by atoms with Crippen molar-refractivity contribution in [3.63, 3.8) is 0 Å². The molecule has 2 heterocycles. The lowest BCUT2D eigenvalue weighted by molar-refractivity contribution is 0.595. The number of hydrogen-bond acceptors (Lipinski definition) is 4. The quantitative estimate of drug-likeness (QED) is 0.789. The number of pyridine rings is 1. The number of rotatable bonds is 3. The number of fused-ring (bicyclic) bond motifs is 1. The fraction of sp³-hybridized carbons (Fsp3) is 0.0667. The molecule has 0 unspecified atom stereocenters. The molecule has 3 aromatic rings. The summed E-state index contributed by atoms with van der Waals surface area (Å²) in [5.41, 5.74) is 1.23. The molecule has 0 fully saturated rings. The second-order valence-corrected chi connectivity index (χ2v) is 7.20. The summed E-state index contributed by atoms with van der Waals surface area (Å²) in [4.78, 5) is 6.95. The summed E-state index contributed by atoms with van der Waals surface area (Å²) in [6.07, 6.45) is 2.78. The fourth-order valence-corrected chi connectivity index (χ4v) is 3.73. The molecule has 3 rings (SSSR count). The Balaban J connectivity index is 2.07. The van der Waals surface area contributed by atoms with Gasteiger partial charge in [0.15, 0.2) is 0 Å². The Morgan fingerprint density at radius 3 is 2.74 bits per heavy atom. The van der Waals surface area contributed by atoms with Crippen LogP contribution in [0.15, 0.2) is 47.6 Å². The minimum absolute atomic E-state index is 0.149. The van der Waals surface area contributed by atoms with Gasteiger partial charge in [-0.1, -0.05) is 11.6 Å². The molecule has 0 saturated carbocycles. The second kappa shape index (κ2) is 5.57. The van der Waals surface area contributed by atoms with Crippen LogP contribution in [0.5, 0.6) is 0 Å². The number of sulfonamides is 1. The van der Waals surface area contributed by atoms with E-state index in [9.17, 15) is 8.42 Å². The Labute approximate surface area is 138 Å². The Morgan fingerprint density at radius 1 is 1.30 bits per heavy atom. The van der Waals surface area contributed by atoms with E-state index in [4.69, 9.17) is 16.9 Å². The van der Waals surface area contributed by atoms with Gasteiger partial charge < -0.3 is 4.98 Å². The maximum atomic E-state index is 12.8. The SMILES string of the molecule is CN(c1ccc(C#N)nc1)S(=O)(=O)c1c[nH]c2cc(Cl)ccc12. The van der Waals surface area contributed by atoms with E-state index < -0.39 is 10.0 Å². The van der Waals surface area contributed by atoms with E-state index in [-0.39, 0.29) is 10.6 Å². The lowest BCUT2D eigenvalue weighted by Gasteiger charge is -2.18. The number of H-pyrrole nitrogens is 1. The summed E-state index contributed by atoms with van der Waals surface area (Å²) >= 11 is 5.91. The van der Waals surface area contributed by atoms with Crippen LogP contribution in [0.1, 0.15) is 5.69 Å². The molecule has 0 aliphatic rings. The largest absolute Gasteiger partial charge is 0.360 e. The zero-order valence-corrected chi connectivity index (χ0v) is 13.6. The first kappa shape index (κ1) is 15.3. The van der Waals surface area contributed by atoms with E-state index in [1.807, 2.05) is 6.07 Å². The van der Waals surface area contributed by atoms with E-state index >= 15 is 0 Å². The first-order chi connectivity index (χ1) is 10.9. The number of benzene rings is 1. The van der Waals surface area contributed by atoms with Crippen LogP contribution in [0.3, 0.4) is 0 Å². The average Bonchev–Trinajstić information content (AvgIpc) is 2.97. The topological polar surface area (TPSA) is 89.8 Å². The van der Waals surface area contributed by atoms with Crippen LogP contribution in [0.4, 0.5) is 5.69 Å². The van der Waals surface area contributed by atoms with E-state index in [1.165, 1.54) is 31.6 Å². The molecule has 6 nitrogen and oxygen atoms in total. The van der Waals surface area contributed by atoms with Crippen molar-refractivity contribution in [1.29, 1.82) is 5.26 Å². The van der Waals surface area contributed by atoms with Gasteiger partial charge in [0, 0.05) is 29.2 Å². The van der Waals surface area contributed by atoms with E-state index in [1.54, 1.807) is 18.2 Å². The van der Waals surface area contributed by atoms with Gasteiger partial charge in [-0.25, -0.2) is 13.4 Å². The minimum atomic E-state index is -3.77. The number of hydrogen-bond donors (Lipinski definition) is 1. The third kappa shape index (κ3) is 2.63. The molecule has 0 spiro atoms. The van der Waals surface area contributed by atoms with E-state index in [0.29, 0.717) is 21.6 Å².